The van der Waals surface area contributed by atoms with Gasteiger partial charge in [0.15, 0.2) is 11.6 Å². The van der Waals surface area contributed by atoms with Gasteiger partial charge in [-0.25, -0.2) is 8.78 Å². The lowest BCUT2D eigenvalue weighted by molar-refractivity contribution is 0.116. The van der Waals surface area contributed by atoms with Crippen molar-refractivity contribution in [1.82, 2.24) is 0 Å². The third kappa shape index (κ3) is 2.49. The SMILES string of the molecule is CN(CC1CCCO1)c1c(N)ccc(F)c1F. The van der Waals surface area contributed by atoms with Crippen LogP contribution >= 0.6 is 0 Å². The lowest BCUT2D eigenvalue weighted by atomic mass is 10.2. The highest BCUT2D eigenvalue weighted by atomic mass is 19.2. The Kier molecular flexibility index (Phi) is 3.47. The highest BCUT2D eigenvalue weighted by molar-refractivity contribution is 5.68. The number of anilines is 2. The van der Waals surface area contributed by atoms with Crippen LogP contribution in [0, 0.1) is 11.6 Å². The van der Waals surface area contributed by atoms with E-state index in [-0.39, 0.29) is 17.5 Å². The predicted octanol–water partition coefficient (Wildman–Crippen LogP) is 2.16. The summed E-state index contributed by atoms with van der Waals surface area (Å²) >= 11 is 0. The smallest absolute Gasteiger partial charge is 0.184 e. The first-order valence-corrected chi connectivity index (χ1v) is 5.66. The summed E-state index contributed by atoms with van der Waals surface area (Å²) in [4.78, 5) is 1.61. The number of benzene rings is 1. The second-order valence-corrected chi connectivity index (χ2v) is 4.31. The number of nitrogens with two attached hydrogens (primary N) is 1. The molecule has 3 nitrogen and oxygen atoms in total. The third-order valence-corrected chi connectivity index (χ3v) is 2.98. The van der Waals surface area contributed by atoms with E-state index < -0.39 is 11.6 Å². The fraction of sp³-hybridized carbons (Fsp3) is 0.500. The van der Waals surface area contributed by atoms with Gasteiger partial charge in [0, 0.05) is 20.2 Å². The Balaban J connectivity index is 2.17. The molecule has 5 heteroatoms. The van der Waals surface area contributed by atoms with Gasteiger partial charge >= 0.3 is 0 Å². The Labute approximate surface area is 99.2 Å². The van der Waals surface area contributed by atoms with E-state index in [2.05, 4.69) is 0 Å². The summed E-state index contributed by atoms with van der Waals surface area (Å²) in [5.74, 6) is -1.78. The van der Waals surface area contributed by atoms with Crippen molar-refractivity contribution in [3.05, 3.63) is 23.8 Å². The highest BCUT2D eigenvalue weighted by Gasteiger charge is 2.21. The van der Waals surface area contributed by atoms with E-state index in [9.17, 15) is 8.78 Å². The molecule has 0 aromatic heterocycles. The second-order valence-electron chi connectivity index (χ2n) is 4.31. The Bertz CT molecular complexity index is 406. The molecule has 1 aromatic carbocycles. The summed E-state index contributed by atoms with van der Waals surface area (Å²) in [6.07, 6.45) is 2.03. The van der Waals surface area contributed by atoms with Gasteiger partial charge in [0.2, 0.25) is 0 Å². The van der Waals surface area contributed by atoms with Crippen LogP contribution in [0.2, 0.25) is 0 Å². The quantitative estimate of drug-likeness (QED) is 0.825. The minimum Gasteiger partial charge on any atom is -0.397 e. The van der Waals surface area contributed by atoms with E-state index in [1.165, 1.54) is 6.07 Å². The summed E-state index contributed by atoms with van der Waals surface area (Å²) in [6, 6.07) is 2.41. The largest absolute Gasteiger partial charge is 0.397 e. The van der Waals surface area contributed by atoms with Crippen LogP contribution in [-0.4, -0.2) is 26.3 Å². The molecule has 0 spiro atoms. The molecular formula is C12H16F2N2O. The molecule has 0 bridgehead atoms. The number of nitrogens with zero attached hydrogens (tertiary/aromatic N) is 1. The minimum absolute atomic E-state index is 0.0714. The van der Waals surface area contributed by atoms with E-state index in [4.69, 9.17) is 10.5 Å². The molecular weight excluding hydrogens is 226 g/mol. The maximum absolute atomic E-state index is 13.6. The highest BCUT2D eigenvalue weighted by Crippen LogP contribution is 2.28. The van der Waals surface area contributed by atoms with Gasteiger partial charge in [-0.1, -0.05) is 0 Å². The number of halogens is 2. The van der Waals surface area contributed by atoms with Crippen molar-refractivity contribution in [2.45, 2.75) is 18.9 Å². The van der Waals surface area contributed by atoms with E-state index in [0.29, 0.717) is 6.54 Å². The van der Waals surface area contributed by atoms with Crippen LogP contribution in [0.5, 0.6) is 0 Å². The number of likely N-dealkylation sites (N-methyl/N-ethyl adjacent to an activating group) is 1. The van der Waals surface area contributed by atoms with Gasteiger partial charge in [0.1, 0.15) is 0 Å². The van der Waals surface area contributed by atoms with E-state index in [1.54, 1.807) is 11.9 Å². The number of nitrogen functional groups attached to an aromatic ring is 1. The molecule has 1 atom stereocenters. The summed E-state index contributed by atoms with van der Waals surface area (Å²) in [5, 5.41) is 0. The molecule has 2 N–H and O–H groups in total. The maximum atomic E-state index is 13.6. The molecule has 1 aromatic rings. The van der Waals surface area contributed by atoms with Crippen LogP contribution in [0.1, 0.15) is 12.8 Å². The first-order chi connectivity index (χ1) is 8.09. The van der Waals surface area contributed by atoms with Crippen LogP contribution in [0.4, 0.5) is 20.2 Å². The third-order valence-electron chi connectivity index (χ3n) is 2.98. The van der Waals surface area contributed by atoms with Gasteiger partial charge < -0.3 is 15.4 Å². The molecule has 2 rings (SSSR count). The molecule has 0 saturated carbocycles. The molecule has 1 saturated heterocycles. The predicted molar refractivity (Wildman–Crippen MR) is 63.0 cm³/mol. The molecule has 1 heterocycles. The van der Waals surface area contributed by atoms with Gasteiger partial charge in [0.25, 0.3) is 0 Å². The number of ether oxygens (including phenoxy) is 1. The zero-order valence-corrected chi connectivity index (χ0v) is 9.75. The molecule has 0 radical (unpaired) electrons. The topological polar surface area (TPSA) is 38.5 Å². The van der Waals surface area contributed by atoms with E-state index in [0.717, 1.165) is 25.5 Å². The number of hydrogen-bond acceptors (Lipinski definition) is 3. The minimum atomic E-state index is -0.898. The average Bonchev–Trinajstić information content (AvgIpc) is 2.77. The summed E-state index contributed by atoms with van der Waals surface area (Å²) in [5.41, 5.74) is 6.03. The zero-order valence-electron chi connectivity index (χ0n) is 9.75. The van der Waals surface area contributed by atoms with E-state index in [1.807, 2.05) is 0 Å². The molecule has 1 fully saturated rings. The fourth-order valence-electron chi connectivity index (χ4n) is 2.13. The number of hydrogen-bond donors (Lipinski definition) is 1. The molecule has 0 amide bonds. The van der Waals surface area contributed by atoms with Gasteiger partial charge in [0.05, 0.1) is 17.5 Å². The Morgan fingerprint density at radius 1 is 1.47 bits per heavy atom. The fourth-order valence-corrected chi connectivity index (χ4v) is 2.13. The van der Waals surface area contributed by atoms with Gasteiger partial charge in [-0.3, -0.25) is 0 Å². The zero-order chi connectivity index (χ0) is 12.4. The van der Waals surface area contributed by atoms with Crippen molar-refractivity contribution in [1.29, 1.82) is 0 Å². The van der Waals surface area contributed by atoms with Gasteiger partial charge in [-0.15, -0.1) is 0 Å². The normalized spacial score (nSPS) is 19.6. The summed E-state index contributed by atoms with van der Waals surface area (Å²) in [6.45, 7) is 1.25. The van der Waals surface area contributed by atoms with Crippen LogP contribution < -0.4 is 10.6 Å². The molecule has 0 aliphatic carbocycles. The Morgan fingerprint density at radius 2 is 2.24 bits per heavy atom. The molecule has 17 heavy (non-hydrogen) atoms. The second kappa shape index (κ2) is 4.87. The van der Waals surface area contributed by atoms with E-state index >= 15 is 0 Å². The van der Waals surface area contributed by atoms with Crippen molar-refractivity contribution < 1.29 is 13.5 Å². The Morgan fingerprint density at radius 3 is 2.88 bits per heavy atom. The molecule has 1 aliphatic heterocycles. The van der Waals surface area contributed by atoms with Crippen molar-refractivity contribution in [2.24, 2.45) is 0 Å². The first kappa shape index (κ1) is 12.1. The summed E-state index contributed by atoms with van der Waals surface area (Å²) in [7, 11) is 1.69. The van der Waals surface area contributed by atoms with Crippen LogP contribution in [0.25, 0.3) is 0 Å². The molecule has 1 unspecified atom stereocenters. The van der Waals surface area contributed by atoms with Crippen molar-refractivity contribution in [3.63, 3.8) is 0 Å². The first-order valence-electron chi connectivity index (χ1n) is 5.66. The maximum Gasteiger partial charge on any atom is 0.184 e. The van der Waals surface area contributed by atoms with Crippen molar-refractivity contribution >= 4 is 11.4 Å². The van der Waals surface area contributed by atoms with Crippen LogP contribution in [0.3, 0.4) is 0 Å². The lowest BCUT2D eigenvalue weighted by Gasteiger charge is -2.24. The van der Waals surface area contributed by atoms with Crippen molar-refractivity contribution in [2.75, 3.05) is 30.8 Å². The lowest BCUT2D eigenvalue weighted by Crippen LogP contribution is -2.30. The van der Waals surface area contributed by atoms with Gasteiger partial charge in [-0.2, -0.15) is 0 Å². The number of rotatable bonds is 3. The Hall–Kier alpha value is -1.36. The van der Waals surface area contributed by atoms with Gasteiger partial charge in [-0.05, 0) is 25.0 Å². The molecule has 94 valence electrons. The van der Waals surface area contributed by atoms with Crippen LogP contribution in [0.15, 0.2) is 12.1 Å². The van der Waals surface area contributed by atoms with Crippen LogP contribution in [-0.2, 0) is 4.74 Å². The standard InChI is InChI=1S/C12H16F2N2O/c1-16(7-8-3-2-6-17-8)12-10(15)5-4-9(13)11(12)14/h4-5,8H,2-3,6-7,15H2,1H3. The van der Waals surface area contributed by atoms with Crippen molar-refractivity contribution in [3.8, 4) is 0 Å². The monoisotopic (exact) mass is 242 g/mol. The average molecular weight is 242 g/mol. The summed E-state index contributed by atoms with van der Waals surface area (Å²) < 4.78 is 32.3. The molecule has 1 aliphatic rings.